The molecule has 0 atom stereocenters. The van der Waals surface area contributed by atoms with E-state index in [1.807, 2.05) is 0 Å². The van der Waals surface area contributed by atoms with E-state index in [1.54, 1.807) is 7.16 Å². The van der Waals surface area contributed by atoms with Crippen LogP contribution in [0.4, 0.5) is 0 Å². The van der Waals surface area contributed by atoms with Crippen LogP contribution < -0.4 is 7.16 Å². The number of rotatable bonds is 0. The topological polar surface area (TPSA) is 0 Å². The molecule has 0 saturated carbocycles. The van der Waals surface area contributed by atoms with Crippen LogP contribution in [0.2, 0.25) is 9.88 Å². The van der Waals surface area contributed by atoms with Gasteiger partial charge in [0.15, 0.2) is 0 Å². The molecule has 1 aliphatic heterocycles. The molecule has 2 aromatic carbocycles. The fourth-order valence-electron chi connectivity index (χ4n) is 2.75. The Kier molecular flexibility index (Phi) is 3.69. The second kappa shape index (κ2) is 5.05. The number of benzene rings is 2. The molecule has 0 aliphatic carbocycles. The quantitative estimate of drug-likeness (QED) is 0.483. The van der Waals surface area contributed by atoms with Gasteiger partial charge in [-0.15, -0.1) is 0 Å². The van der Waals surface area contributed by atoms with Crippen molar-refractivity contribution in [3.05, 3.63) is 56.5 Å². The molecule has 96 valence electrons. The molecular formula is C16H14Br2Sn. The van der Waals surface area contributed by atoms with Crippen LogP contribution >= 0.6 is 31.9 Å². The zero-order valence-corrected chi connectivity index (χ0v) is 16.9. The first kappa shape index (κ1) is 13.9. The Bertz CT molecular complexity index is 630. The summed E-state index contributed by atoms with van der Waals surface area (Å²) in [6.45, 7) is 0. The molecule has 0 radical (unpaired) electrons. The fraction of sp³-hybridized carbons (Fsp3) is 0.125. The molecule has 19 heavy (non-hydrogen) atoms. The predicted molar refractivity (Wildman–Crippen MR) is 94.0 cm³/mol. The van der Waals surface area contributed by atoms with Gasteiger partial charge in [-0.25, -0.2) is 0 Å². The molecule has 0 unspecified atom stereocenters. The fourth-order valence-corrected chi connectivity index (χ4v) is 13.5. The summed E-state index contributed by atoms with van der Waals surface area (Å²) in [5, 5.41) is 0. The zero-order valence-electron chi connectivity index (χ0n) is 10.9. The molecule has 0 amide bonds. The minimum absolute atomic E-state index is 1.18. The van der Waals surface area contributed by atoms with Crippen molar-refractivity contribution in [3.63, 3.8) is 0 Å². The van der Waals surface area contributed by atoms with Gasteiger partial charge in [0.25, 0.3) is 0 Å². The third-order valence-electron chi connectivity index (χ3n) is 3.82. The van der Waals surface area contributed by atoms with Crippen molar-refractivity contribution in [1.82, 2.24) is 0 Å². The van der Waals surface area contributed by atoms with E-state index in [2.05, 4.69) is 90.3 Å². The Morgan fingerprint density at radius 1 is 0.737 bits per heavy atom. The first-order valence-electron chi connectivity index (χ1n) is 6.26. The van der Waals surface area contributed by atoms with E-state index in [-0.39, 0.29) is 0 Å². The first-order chi connectivity index (χ1) is 8.98. The van der Waals surface area contributed by atoms with Crippen molar-refractivity contribution in [2.24, 2.45) is 0 Å². The number of halogens is 2. The molecule has 0 nitrogen and oxygen atoms in total. The average Bonchev–Trinajstić information content (AvgIpc) is 2.47. The summed E-state index contributed by atoms with van der Waals surface area (Å²) in [6.07, 6.45) is 4.53. The van der Waals surface area contributed by atoms with Gasteiger partial charge in [0.05, 0.1) is 0 Å². The molecule has 1 heterocycles. The third kappa shape index (κ3) is 2.47. The summed E-state index contributed by atoms with van der Waals surface area (Å²) in [4.78, 5) is 5.00. The zero-order chi connectivity index (χ0) is 13.6. The van der Waals surface area contributed by atoms with Crippen LogP contribution in [0.15, 0.2) is 45.3 Å². The van der Waals surface area contributed by atoms with Crippen molar-refractivity contribution in [2.45, 2.75) is 9.88 Å². The van der Waals surface area contributed by atoms with Crippen LogP contribution in [0.25, 0.3) is 12.2 Å². The van der Waals surface area contributed by atoms with Crippen molar-refractivity contribution in [3.8, 4) is 0 Å². The van der Waals surface area contributed by atoms with E-state index in [9.17, 15) is 0 Å². The Labute approximate surface area is 135 Å². The van der Waals surface area contributed by atoms with Gasteiger partial charge >= 0.3 is 136 Å². The van der Waals surface area contributed by atoms with Gasteiger partial charge in [-0.3, -0.25) is 0 Å². The molecule has 0 N–H and O–H groups in total. The summed E-state index contributed by atoms with van der Waals surface area (Å²) in [7, 11) is 0. The number of fused-ring (bicyclic) bond motifs is 2. The normalized spacial score (nSPS) is 15.6. The number of hydrogen-bond acceptors (Lipinski definition) is 0. The molecular weight excluding hydrogens is 471 g/mol. The predicted octanol–water partition coefficient (Wildman–Crippen LogP) is 4.52. The van der Waals surface area contributed by atoms with Crippen molar-refractivity contribution < 1.29 is 0 Å². The Morgan fingerprint density at radius 3 is 1.58 bits per heavy atom. The Balaban J connectivity index is 2.34. The first-order valence-corrected chi connectivity index (χ1v) is 16.4. The molecule has 0 fully saturated rings. The van der Waals surface area contributed by atoms with Gasteiger partial charge < -0.3 is 0 Å². The van der Waals surface area contributed by atoms with Gasteiger partial charge in [0, 0.05) is 0 Å². The molecule has 3 rings (SSSR count). The van der Waals surface area contributed by atoms with Gasteiger partial charge in [-0.05, 0) is 0 Å². The molecule has 1 aliphatic rings. The molecule has 0 bridgehead atoms. The van der Waals surface area contributed by atoms with Gasteiger partial charge in [0.2, 0.25) is 0 Å². The summed E-state index contributed by atoms with van der Waals surface area (Å²) < 4.78 is 5.50. The minimum atomic E-state index is -2.51. The molecule has 0 saturated heterocycles. The van der Waals surface area contributed by atoms with Gasteiger partial charge in [-0.2, -0.15) is 0 Å². The monoisotopic (exact) mass is 484 g/mol. The molecule has 0 spiro atoms. The van der Waals surface area contributed by atoms with Crippen LogP contribution in [0, 0.1) is 0 Å². The van der Waals surface area contributed by atoms with Crippen LogP contribution in [-0.4, -0.2) is 18.4 Å². The van der Waals surface area contributed by atoms with Crippen LogP contribution in [0.5, 0.6) is 0 Å². The summed E-state index contributed by atoms with van der Waals surface area (Å²) in [5.74, 6) is 0. The third-order valence-corrected chi connectivity index (χ3v) is 15.0. The maximum absolute atomic E-state index is 3.62. The van der Waals surface area contributed by atoms with E-state index >= 15 is 0 Å². The second-order valence-electron chi connectivity index (χ2n) is 5.42. The van der Waals surface area contributed by atoms with Gasteiger partial charge in [-0.1, -0.05) is 0 Å². The van der Waals surface area contributed by atoms with E-state index in [1.165, 1.54) is 20.1 Å². The van der Waals surface area contributed by atoms with E-state index < -0.39 is 18.4 Å². The van der Waals surface area contributed by atoms with Crippen LogP contribution in [0.1, 0.15) is 11.1 Å². The van der Waals surface area contributed by atoms with Crippen LogP contribution in [-0.2, 0) is 0 Å². The summed E-state index contributed by atoms with van der Waals surface area (Å²) >= 11 is 4.73. The molecule has 2 aromatic rings. The molecule has 3 heteroatoms. The standard InChI is InChI=1S/C14H8Br2.2CH3.Sn/c15-13-7-3-11(4-8-13)1-2-12-5-9-14(16)10-6-12;;;/h1-3,5,7-10H;2*1H3;. The Hall–Kier alpha value is -0.0613. The van der Waals surface area contributed by atoms with E-state index in [4.69, 9.17) is 0 Å². The van der Waals surface area contributed by atoms with Crippen LogP contribution in [0.3, 0.4) is 0 Å². The van der Waals surface area contributed by atoms with E-state index in [0.717, 1.165) is 0 Å². The van der Waals surface area contributed by atoms with Gasteiger partial charge in [0.1, 0.15) is 0 Å². The van der Waals surface area contributed by atoms with E-state index in [0.29, 0.717) is 0 Å². The Morgan fingerprint density at radius 2 is 1.16 bits per heavy atom. The number of hydrogen-bond donors (Lipinski definition) is 0. The van der Waals surface area contributed by atoms with Crippen molar-refractivity contribution >= 4 is 69.5 Å². The SMILES string of the molecule is [CH3][Sn]1([CH3])[c]2cc(Br)ccc2C=Cc2ccc(Br)c[c]21. The maximum atomic E-state index is 3.62. The van der Waals surface area contributed by atoms with Crippen molar-refractivity contribution in [1.29, 1.82) is 0 Å². The summed E-state index contributed by atoms with van der Waals surface area (Å²) in [6, 6.07) is 13.4. The van der Waals surface area contributed by atoms with Crippen molar-refractivity contribution in [2.75, 3.05) is 0 Å². The molecule has 0 aromatic heterocycles. The average molecular weight is 485 g/mol. The second-order valence-corrected chi connectivity index (χ2v) is 19.6. The summed E-state index contributed by atoms with van der Waals surface area (Å²) in [5.41, 5.74) is 2.77.